The molecule has 1 N–H and O–H groups in total. The van der Waals surface area contributed by atoms with Crippen molar-refractivity contribution in [3.8, 4) is 0 Å². The minimum absolute atomic E-state index is 0.870. The molecule has 0 aromatic heterocycles. The zero-order valence-electron chi connectivity index (χ0n) is 8.97. The molecule has 0 radical (unpaired) electrons. The van der Waals surface area contributed by atoms with E-state index >= 15 is 0 Å². The fourth-order valence-corrected chi connectivity index (χ4v) is 1.58. The van der Waals surface area contributed by atoms with Crippen LogP contribution >= 0.6 is 0 Å². The Morgan fingerprint density at radius 1 is 1.21 bits per heavy atom. The van der Waals surface area contributed by atoms with Gasteiger partial charge in [-0.05, 0) is 38.7 Å². The lowest BCUT2D eigenvalue weighted by Crippen LogP contribution is -2.05. The molecule has 0 saturated heterocycles. The molecule has 0 heterocycles. The average Bonchev–Trinajstić information content (AvgIpc) is 2.26. The lowest BCUT2D eigenvalue weighted by Gasteiger charge is -2.17. The fraction of sp³-hybridized carbons (Fsp3) is 0.385. The van der Waals surface area contributed by atoms with Crippen molar-refractivity contribution in [1.29, 1.82) is 0 Å². The van der Waals surface area contributed by atoms with Crippen LogP contribution in [0.25, 0.3) is 0 Å². The predicted octanol–water partition coefficient (Wildman–Crippen LogP) is 3.68. The molecule has 1 aliphatic rings. The topological polar surface area (TPSA) is 12.0 Å². The molecule has 0 amide bonds. The maximum absolute atomic E-state index is 3.80. The molecule has 0 aliphatic heterocycles. The highest BCUT2D eigenvalue weighted by Crippen LogP contribution is 2.26. The Balaban J connectivity index is 2.41. The van der Waals surface area contributed by atoms with Crippen molar-refractivity contribution in [3.63, 3.8) is 0 Å². The fourth-order valence-electron chi connectivity index (χ4n) is 1.58. The first kappa shape index (κ1) is 10.8. The number of nitrogens with one attached hydrogen (secondary N) is 1. The third-order valence-electron chi connectivity index (χ3n) is 2.65. The summed E-state index contributed by atoms with van der Waals surface area (Å²) in [6.45, 7) is 9.58. The molecule has 0 aromatic rings. The summed E-state index contributed by atoms with van der Waals surface area (Å²) in [4.78, 5) is 0. The first-order chi connectivity index (χ1) is 6.76. The lowest BCUT2D eigenvalue weighted by atomic mass is 9.91. The molecule has 76 valence electrons. The Morgan fingerprint density at radius 3 is 2.29 bits per heavy atom. The average molecular weight is 189 g/mol. The largest absolute Gasteiger partial charge is 0.362 e. The van der Waals surface area contributed by atoms with E-state index in [1.807, 2.05) is 0 Å². The highest BCUT2D eigenvalue weighted by molar-refractivity contribution is 5.18. The van der Waals surface area contributed by atoms with Crippen LogP contribution in [0.4, 0.5) is 0 Å². The van der Waals surface area contributed by atoms with Gasteiger partial charge < -0.3 is 5.32 Å². The summed E-state index contributed by atoms with van der Waals surface area (Å²) >= 11 is 0. The van der Waals surface area contributed by atoms with Gasteiger partial charge in [-0.25, -0.2) is 0 Å². The Hall–Kier alpha value is -1.24. The summed E-state index contributed by atoms with van der Waals surface area (Å²) in [7, 11) is 0. The smallest absolute Gasteiger partial charge is 0.0300 e. The maximum Gasteiger partial charge on any atom is 0.0300 e. The Bertz CT molecular complexity index is 270. The van der Waals surface area contributed by atoms with Gasteiger partial charge in [0.15, 0.2) is 0 Å². The van der Waals surface area contributed by atoms with Crippen molar-refractivity contribution in [2.45, 2.75) is 32.6 Å². The van der Waals surface area contributed by atoms with Gasteiger partial charge in [0.1, 0.15) is 0 Å². The van der Waals surface area contributed by atoms with Crippen molar-refractivity contribution in [2.75, 3.05) is 0 Å². The van der Waals surface area contributed by atoms with Crippen molar-refractivity contribution < 1.29 is 0 Å². The molecule has 0 bridgehead atoms. The van der Waals surface area contributed by atoms with Crippen LogP contribution in [0.2, 0.25) is 0 Å². The molecule has 1 rings (SSSR count). The van der Waals surface area contributed by atoms with E-state index < -0.39 is 0 Å². The second kappa shape index (κ2) is 5.48. The summed E-state index contributed by atoms with van der Waals surface area (Å²) < 4.78 is 0. The van der Waals surface area contributed by atoms with Gasteiger partial charge in [0.2, 0.25) is 0 Å². The third kappa shape index (κ3) is 3.25. The Labute approximate surface area is 86.9 Å². The van der Waals surface area contributed by atoms with Crippen LogP contribution in [0.15, 0.2) is 48.4 Å². The highest BCUT2D eigenvalue weighted by Gasteiger charge is 2.08. The van der Waals surface area contributed by atoms with Crippen LogP contribution in [0, 0.1) is 0 Å². The molecule has 14 heavy (non-hydrogen) atoms. The SMILES string of the molecule is C=CC(=C)NC=C1CCC(=CC)CC1. The first-order valence-corrected chi connectivity index (χ1v) is 5.16. The number of rotatable bonds is 3. The van der Waals surface area contributed by atoms with Crippen molar-refractivity contribution in [3.05, 3.63) is 48.4 Å². The number of hydrogen-bond acceptors (Lipinski definition) is 1. The molecule has 1 heteroatoms. The molecular formula is C13H19N. The summed E-state index contributed by atoms with van der Waals surface area (Å²) in [6, 6.07) is 0. The Kier molecular flexibility index (Phi) is 4.24. The van der Waals surface area contributed by atoms with Crippen molar-refractivity contribution >= 4 is 0 Å². The van der Waals surface area contributed by atoms with E-state index in [0.717, 1.165) is 5.70 Å². The minimum Gasteiger partial charge on any atom is -0.362 e. The minimum atomic E-state index is 0.870. The van der Waals surface area contributed by atoms with E-state index in [9.17, 15) is 0 Å². The maximum atomic E-state index is 3.80. The van der Waals surface area contributed by atoms with Gasteiger partial charge in [0, 0.05) is 11.9 Å². The van der Waals surface area contributed by atoms with Gasteiger partial charge in [0.05, 0.1) is 0 Å². The van der Waals surface area contributed by atoms with E-state index in [4.69, 9.17) is 0 Å². The standard InChI is InChI=1S/C13H19N/c1-4-11(3)14-10-13-8-6-12(5-2)7-9-13/h4-5,10,14H,1,3,6-9H2,2H3. The summed E-state index contributed by atoms with van der Waals surface area (Å²) in [5.41, 5.74) is 3.94. The quantitative estimate of drug-likeness (QED) is 0.527. The molecule has 1 fully saturated rings. The van der Waals surface area contributed by atoms with Gasteiger partial charge in [-0.2, -0.15) is 0 Å². The molecule has 0 spiro atoms. The molecular weight excluding hydrogens is 170 g/mol. The molecule has 0 atom stereocenters. The van der Waals surface area contributed by atoms with E-state index in [0.29, 0.717) is 0 Å². The van der Waals surface area contributed by atoms with E-state index in [-0.39, 0.29) is 0 Å². The summed E-state index contributed by atoms with van der Waals surface area (Å²) in [5, 5.41) is 3.14. The molecule has 1 nitrogen and oxygen atoms in total. The number of allylic oxidation sites excluding steroid dienone is 4. The first-order valence-electron chi connectivity index (χ1n) is 5.16. The predicted molar refractivity (Wildman–Crippen MR) is 62.8 cm³/mol. The van der Waals surface area contributed by atoms with E-state index in [2.05, 4.69) is 37.7 Å². The van der Waals surface area contributed by atoms with Crippen LogP contribution in [0.3, 0.4) is 0 Å². The van der Waals surface area contributed by atoms with E-state index in [1.165, 1.54) is 31.3 Å². The summed E-state index contributed by atoms with van der Waals surface area (Å²) in [6.07, 6.45) is 10.8. The normalized spacial score (nSPS) is 16.1. The van der Waals surface area contributed by atoms with Gasteiger partial charge in [0.25, 0.3) is 0 Å². The van der Waals surface area contributed by atoms with Gasteiger partial charge >= 0.3 is 0 Å². The van der Waals surface area contributed by atoms with Crippen LogP contribution in [-0.2, 0) is 0 Å². The van der Waals surface area contributed by atoms with Crippen LogP contribution < -0.4 is 5.32 Å². The molecule has 1 aliphatic carbocycles. The van der Waals surface area contributed by atoms with Gasteiger partial charge in [-0.3, -0.25) is 0 Å². The van der Waals surface area contributed by atoms with E-state index in [1.54, 1.807) is 11.6 Å². The second-order valence-electron chi connectivity index (χ2n) is 3.62. The second-order valence-corrected chi connectivity index (χ2v) is 3.62. The molecule has 0 unspecified atom stereocenters. The van der Waals surface area contributed by atoms with Gasteiger partial charge in [-0.15, -0.1) is 0 Å². The summed E-state index contributed by atoms with van der Waals surface area (Å²) in [5.74, 6) is 0. The lowest BCUT2D eigenvalue weighted by molar-refractivity contribution is 0.718. The number of hydrogen-bond donors (Lipinski definition) is 1. The van der Waals surface area contributed by atoms with Crippen molar-refractivity contribution in [1.82, 2.24) is 5.32 Å². The molecule has 1 saturated carbocycles. The Morgan fingerprint density at radius 2 is 1.79 bits per heavy atom. The molecule has 0 aromatic carbocycles. The zero-order chi connectivity index (χ0) is 10.4. The van der Waals surface area contributed by atoms with Crippen LogP contribution in [0.1, 0.15) is 32.6 Å². The monoisotopic (exact) mass is 189 g/mol. The van der Waals surface area contributed by atoms with Crippen molar-refractivity contribution in [2.24, 2.45) is 0 Å². The third-order valence-corrected chi connectivity index (χ3v) is 2.65. The highest BCUT2D eigenvalue weighted by atomic mass is 14.8. The van der Waals surface area contributed by atoms with Gasteiger partial charge in [-0.1, -0.05) is 30.4 Å². The van der Waals surface area contributed by atoms with Crippen LogP contribution in [0.5, 0.6) is 0 Å². The van der Waals surface area contributed by atoms with Crippen LogP contribution in [-0.4, -0.2) is 0 Å². The zero-order valence-corrected chi connectivity index (χ0v) is 8.97.